The van der Waals surface area contributed by atoms with E-state index < -0.39 is 29.6 Å². The molecule has 10 heteroatoms. The molecule has 1 heterocycles. The van der Waals surface area contributed by atoms with Crippen molar-refractivity contribution in [2.75, 3.05) is 13.6 Å². The first-order chi connectivity index (χ1) is 20.9. The lowest BCUT2D eigenvalue weighted by molar-refractivity contribution is -0.136. The van der Waals surface area contributed by atoms with E-state index >= 15 is 0 Å². The van der Waals surface area contributed by atoms with Gasteiger partial charge in [0.2, 0.25) is 17.7 Å². The van der Waals surface area contributed by atoms with Crippen LogP contribution in [0.25, 0.3) is 0 Å². The zero-order chi connectivity index (χ0) is 32.4. The molecule has 3 N–H and O–H groups in total. The second-order valence-corrected chi connectivity index (χ2v) is 13.5. The molecule has 44 heavy (non-hydrogen) atoms. The van der Waals surface area contributed by atoms with Crippen LogP contribution in [0, 0.1) is 17.6 Å². The number of benzene rings is 1. The summed E-state index contributed by atoms with van der Waals surface area (Å²) in [6.07, 6.45) is 9.59. The van der Waals surface area contributed by atoms with Crippen LogP contribution in [-0.4, -0.2) is 71.4 Å². The fourth-order valence-corrected chi connectivity index (χ4v) is 6.31. The molecule has 1 aliphatic carbocycles. The number of amides is 3. The highest BCUT2D eigenvalue weighted by Crippen LogP contribution is 2.32. The van der Waals surface area contributed by atoms with Crippen LogP contribution in [0.3, 0.4) is 0 Å². The molecule has 8 nitrogen and oxygen atoms in total. The maximum atomic E-state index is 14.9. The van der Waals surface area contributed by atoms with Crippen molar-refractivity contribution in [1.29, 1.82) is 0 Å². The molecule has 3 rings (SSSR count). The predicted octanol–water partition coefficient (Wildman–Crippen LogP) is 5.42. The van der Waals surface area contributed by atoms with E-state index in [1.807, 2.05) is 34.6 Å². The van der Waals surface area contributed by atoms with Crippen LogP contribution in [0.15, 0.2) is 18.2 Å². The Labute approximate surface area is 263 Å². The number of halogens is 2. The van der Waals surface area contributed by atoms with Gasteiger partial charge in [-0.3, -0.25) is 24.6 Å². The monoisotopic (exact) mass is 619 g/mol. The standard InChI is InChI=1S/C34H55F2N5O3/c1-22(2)15-18-31(42)38-29(20-32(43)40(6)23(3)4)34(44)37-24(5)33-39-30(27-17-16-25(35)19-28(27)36)21-41(33)26-13-11-9-7-8-10-12-14-26/h16-17,19,22-24,26,29-30,33,39H,7-15,18,20-21H2,1-6H3,(H,37,44)(H,38,42)/t24-,29-,30?,33?/m0/s1. The van der Waals surface area contributed by atoms with E-state index in [4.69, 9.17) is 0 Å². The van der Waals surface area contributed by atoms with Crippen molar-refractivity contribution in [2.45, 2.75) is 142 Å². The van der Waals surface area contributed by atoms with Crippen molar-refractivity contribution < 1.29 is 23.2 Å². The lowest BCUT2D eigenvalue weighted by Crippen LogP contribution is -2.58. The molecular weight excluding hydrogens is 564 g/mol. The molecule has 0 aromatic heterocycles. The van der Waals surface area contributed by atoms with Gasteiger partial charge in [-0.05, 0) is 52.0 Å². The Morgan fingerprint density at radius 1 is 0.977 bits per heavy atom. The van der Waals surface area contributed by atoms with Crippen LogP contribution in [-0.2, 0) is 14.4 Å². The fraction of sp³-hybridized carbons (Fsp3) is 0.735. The number of hydrogen-bond donors (Lipinski definition) is 3. The van der Waals surface area contributed by atoms with E-state index in [1.165, 1.54) is 37.8 Å². The summed E-state index contributed by atoms with van der Waals surface area (Å²) in [5, 5.41) is 9.45. The van der Waals surface area contributed by atoms with E-state index in [9.17, 15) is 23.2 Å². The molecule has 1 aromatic rings. The van der Waals surface area contributed by atoms with E-state index in [0.717, 1.165) is 31.7 Å². The van der Waals surface area contributed by atoms with Crippen LogP contribution in [0.4, 0.5) is 8.78 Å². The quantitative estimate of drug-likeness (QED) is 0.291. The lowest BCUT2D eigenvalue weighted by atomic mass is 10.0. The van der Waals surface area contributed by atoms with Crippen molar-refractivity contribution in [1.82, 2.24) is 25.8 Å². The van der Waals surface area contributed by atoms with E-state index in [-0.39, 0.29) is 48.9 Å². The maximum Gasteiger partial charge on any atom is 0.243 e. The van der Waals surface area contributed by atoms with Gasteiger partial charge < -0.3 is 15.5 Å². The second kappa shape index (κ2) is 17.2. The molecule has 2 aliphatic rings. The number of nitrogens with zero attached hydrogens (tertiary/aromatic N) is 2. The topological polar surface area (TPSA) is 93.8 Å². The summed E-state index contributed by atoms with van der Waals surface area (Å²) in [6.45, 7) is 10.3. The number of rotatable bonds is 12. The first kappa shape index (κ1) is 35.9. The largest absolute Gasteiger partial charge is 0.349 e. The van der Waals surface area contributed by atoms with Crippen molar-refractivity contribution in [3.8, 4) is 0 Å². The summed E-state index contributed by atoms with van der Waals surface area (Å²) in [7, 11) is 1.69. The summed E-state index contributed by atoms with van der Waals surface area (Å²) < 4.78 is 28.7. The lowest BCUT2D eigenvalue weighted by Gasteiger charge is -2.36. The first-order valence-electron chi connectivity index (χ1n) is 16.7. The second-order valence-electron chi connectivity index (χ2n) is 13.5. The first-order valence-corrected chi connectivity index (χ1v) is 16.7. The fourth-order valence-electron chi connectivity index (χ4n) is 6.31. The van der Waals surface area contributed by atoms with Crippen molar-refractivity contribution in [3.05, 3.63) is 35.4 Å². The molecule has 1 saturated carbocycles. The Hall–Kier alpha value is -2.59. The van der Waals surface area contributed by atoms with Crippen LogP contribution in [0.2, 0.25) is 0 Å². The number of carbonyl (C=O) groups excluding carboxylic acids is 3. The molecule has 1 saturated heterocycles. The molecule has 248 valence electrons. The third-order valence-electron chi connectivity index (χ3n) is 9.24. The van der Waals surface area contributed by atoms with Gasteiger partial charge in [0.15, 0.2) is 0 Å². The summed E-state index contributed by atoms with van der Waals surface area (Å²) in [6, 6.07) is 2.08. The highest BCUT2D eigenvalue weighted by Gasteiger charge is 2.41. The van der Waals surface area contributed by atoms with Crippen molar-refractivity contribution in [2.24, 2.45) is 5.92 Å². The Balaban J connectivity index is 1.82. The molecule has 0 bridgehead atoms. The average Bonchev–Trinajstić information content (AvgIpc) is 3.45. The van der Waals surface area contributed by atoms with Gasteiger partial charge in [-0.1, -0.05) is 58.4 Å². The Kier molecular flexibility index (Phi) is 14.0. The van der Waals surface area contributed by atoms with Gasteiger partial charge in [0.25, 0.3) is 0 Å². The molecule has 4 atom stereocenters. The van der Waals surface area contributed by atoms with Gasteiger partial charge in [-0.15, -0.1) is 0 Å². The highest BCUT2D eigenvalue weighted by molar-refractivity contribution is 5.92. The summed E-state index contributed by atoms with van der Waals surface area (Å²) in [5.41, 5.74) is 0.401. The zero-order valence-corrected chi connectivity index (χ0v) is 27.6. The highest BCUT2D eigenvalue weighted by atomic mass is 19.1. The summed E-state index contributed by atoms with van der Waals surface area (Å²) in [5.74, 6) is -1.79. The minimum Gasteiger partial charge on any atom is -0.349 e. The van der Waals surface area contributed by atoms with Crippen LogP contribution >= 0.6 is 0 Å². The third-order valence-corrected chi connectivity index (χ3v) is 9.24. The Morgan fingerprint density at radius 2 is 1.61 bits per heavy atom. The Morgan fingerprint density at radius 3 is 2.20 bits per heavy atom. The van der Waals surface area contributed by atoms with Crippen molar-refractivity contribution >= 4 is 17.7 Å². The molecule has 2 fully saturated rings. The van der Waals surface area contributed by atoms with Crippen LogP contribution in [0.1, 0.15) is 117 Å². The van der Waals surface area contributed by atoms with Crippen molar-refractivity contribution in [3.63, 3.8) is 0 Å². The molecule has 1 aromatic carbocycles. The molecule has 3 amide bonds. The Bertz CT molecular complexity index is 1090. The molecule has 0 spiro atoms. The smallest absolute Gasteiger partial charge is 0.243 e. The molecule has 1 aliphatic heterocycles. The molecule has 0 radical (unpaired) electrons. The zero-order valence-electron chi connectivity index (χ0n) is 27.6. The minimum absolute atomic E-state index is 0.0465. The minimum atomic E-state index is -1.02. The van der Waals surface area contributed by atoms with Gasteiger partial charge in [0.1, 0.15) is 17.7 Å². The van der Waals surface area contributed by atoms with Gasteiger partial charge in [0, 0.05) is 49.8 Å². The number of hydrogen-bond acceptors (Lipinski definition) is 5. The van der Waals surface area contributed by atoms with E-state index in [2.05, 4.69) is 20.9 Å². The average molecular weight is 620 g/mol. The maximum absolute atomic E-state index is 14.9. The number of nitrogens with one attached hydrogen (secondary N) is 3. The predicted molar refractivity (Wildman–Crippen MR) is 170 cm³/mol. The van der Waals surface area contributed by atoms with Gasteiger partial charge in [-0.25, -0.2) is 8.78 Å². The van der Waals surface area contributed by atoms with Crippen LogP contribution < -0.4 is 16.0 Å². The van der Waals surface area contributed by atoms with Gasteiger partial charge in [-0.2, -0.15) is 0 Å². The normalized spacial score (nSPS) is 21.8. The van der Waals surface area contributed by atoms with E-state index in [1.54, 1.807) is 11.9 Å². The van der Waals surface area contributed by atoms with Gasteiger partial charge in [0.05, 0.1) is 18.6 Å². The van der Waals surface area contributed by atoms with Crippen LogP contribution in [0.5, 0.6) is 0 Å². The third kappa shape index (κ3) is 10.5. The number of carbonyl (C=O) groups is 3. The van der Waals surface area contributed by atoms with Gasteiger partial charge >= 0.3 is 0 Å². The molecular formula is C34H55F2N5O3. The summed E-state index contributed by atoms with van der Waals surface area (Å²) >= 11 is 0. The molecule has 2 unspecified atom stereocenters. The summed E-state index contributed by atoms with van der Waals surface area (Å²) in [4.78, 5) is 43.5. The SMILES string of the molecule is CC(C)CCC(=O)N[C@@H](CC(=O)N(C)C(C)C)C(=O)N[C@@H](C)C1NC(c2ccc(F)cc2F)CN1C1CCCCCCCC1. The van der Waals surface area contributed by atoms with E-state index in [0.29, 0.717) is 24.4 Å².